The summed E-state index contributed by atoms with van der Waals surface area (Å²) in [4.78, 5) is 10.6. The second-order valence-electron chi connectivity index (χ2n) is 3.23. The van der Waals surface area contributed by atoms with E-state index in [9.17, 15) is 13.6 Å². The van der Waals surface area contributed by atoms with Crippen LogP contribution in [0.25, 0.3) is 0 Å². The van der Waals surface area contributed by atoms with Crippen LogP contribution in [0.5, 0.6) is 0 Å². The molecule has 1 N–H and O–H groups in total. The molecule has 0 aromatic heterocycles. The fourth-order valence-corrected chi connectivity index (χ4v) is 2.41. The number of hydrogen-bond donors (Lipinski definition) is 1. The molecular weight excluding hydrogens is 186 g/mol. The number of halogens is 2. The highest BCUT2D eigenvalue weighted by Crippen LogP contribution is 2.53. The number of thioether (sulfide) groups is 1. The van der Waals surface area contributed by atoms with Crippen LogP contribution in [-0.4, -0.2) is 29.0 Å². The SMILES string of the molecule is CSCC1(C(=O)O)CC(F)(F)C1. The molecule has 0 aliphatic heterocycles. The summed E-state index contributed by atoms with van der Waals surface area (Å²) in [7, 11) is 0. The third-order valence-electron chi connectivity index (χ3n) is 2.07. The van der Waals surface area contributed by atoms with Crippen LogP contribution in [0.3, 0.4) is 0 Å². The van der Waals surface area contributed by atoms with Crippen molar-refractivity contribution in [3.05, 3.63) is 0 Å². The lowest BCUT2D eigenvalue weighted by atomic mass is 9.67. The van der Waals surface area contributed by atoms with E-state index in [1.54, 1.807) is 6.26 Å². The Morgan fingerprint density at radius 1 is 1.58 bits per heavy atom. The molecule has 70 valence electrons. The Kier molecular flexibility index (Phi) is 2.33. The van der Waals surface area contributed by atoms with Gasteiger partial charge in [-0.15, -0.1) is 0 Å². The minimum atomic E-state index is -2.76. The number of carboxylic acid groups (broad SMARTS) is 1. The molecule has 0 radical (unpaired) electrons. The van der Waals surface area contributed by atoms with Gasteiger partial charge in [-0.3, -0.25) is 4.79 Å². The lowest BCUT2D eigenvalue weighted by Crippen LogP contribution is -2.52. The van der Waals surface area contributed by atoms with Gasteiger partial charge in [0.15, 0.2) is 0 Å². The predicted molar refractivity (Wildman–Crippen MR) is 42.6 cm³/mol. The fourth-order valence-electron chi connectivity index (χ4n) is 1.53. The first kappa shape index (κ1) is 9.77. The molecule has 5 heteroatoms. The summed E-state index contributed by atoms with van der Waals surface area (Å²) < 4.78 is 24.9. The zero-order chi connectivity index (χ0) is 9.41. The van der Waals surface area contributed by atoms with Crippen LogP contribution in [-0.2, 0) is 4.79 Å². The number of rotatable bonds is 3. The van der Waals surface area contributed by atoms with Gasteiger partial charge in [0.05, 0.1) is 5.41 Å². The molecule has 0 unspecified atom stereocenters. The summed E-state index contributed by atoms with van der Waals surface area (Å²) in [6.45, 7) is 0. The van der Waals surface area contributed by atoms with Crippen LogP contribution >= 0.6 is 11.8 Å². The predicted octanol–water partition coefficient (Wildman–Crippen LogP) is 1.85. The molecule has 0 aromatic carbocycles. The van der Waals surface area contributed by atoms with Gasteiger partial charge in [-0.2, -0.15) is 11.8 Å². The van der Waals surface area contributed by atoms with Gasteiger partial charge in [0.25, 0.3) is 0 Å². The van der Waals surface area contributed by atoms with Crippen molar-refractivity contribution in [1.82, 2.24) is 0 Å². The Morgan fingerprint density at radius 2 is 2.08 bits per heavy atom. The van der Waals surface area contributed by atoms with Crippen molar-refractivity contribution in [2.75, 3.05) is 12.0 Å². The number of carboxylic acids is 1. The highest BCUT2D eigenvalue weighted by Gasteiger charge is 2.60. The maximum absolute atomic E-state index is 12.4. The first-order chi connectivity index (χ1) is 5.42. The summed E-state index contributed by atoms with van der Waals surface area (Å²) in [5, 5.41) is 8.70. The summed E-state index contributed by atoms with van der Waals surface area (Å²) in [5.41, 5.74) is -1.16. The average molecular weight is 196 g/mol. The van der Waals surface area contributed by atoms with Crippen LogP contribution < -0.4 is 0 Å². The van der Waals surface area contributed by atoms with E-state index in [-0.39, 0.29) is 5.75 Å². The second kappa shape index (κ2) is 2.87. The van der Waals surface area contributed by atoms with Crippen LogP contribution in [0.1, 0.15) is 12.8 Å². The molecular formula is C7H10F2O2S. The number of hydrogen-bond acceptors (Lipinski definition) is 2. The molecule has 0 heterocycles. The van der Waals surface area contributed by atoms with Crippen molar-refractivity contribution in [1.29, 1.82) is 0 Å². The van der Waals surface area contributed by atoms with Crippen LogP contribution in [0, 0.1) is 5.41 Å². The molecule has 0 amide bonds. The molecule has 1 fully saturated rings. The van der Waals surface area contributed by atoms with Crippen molar-refractivity contribution in [3.8, 4) is 0 Å². The normalized spacial score (nSPS) is 24.6. The Balaban J connectivity index is 2.62. The molecule has 1 aliphatic carbocycles. The van der Waals surface area contributed by atoms with Gasteiger partial charge in [0, 0.05) is 18.6 Å². The Hall–Kier alpha value is -0.320. The summed E-state index contributed by atoms with van der Waals surface area (Å²) in [6.07, 6.45) is 0.716. The molecule has 0 spiro atoms. The van der Waals surface area contributed by atoms with Gasteiger partial charge in [0.2, 0.25) is 5.92 Å². The summed E-state index contributed by atoms with van der Waals surface area (Å²) in [5.74, 6) is -3.57. The maximum Gasteiger partial charge on any atom is 0.310 e. The van der Waals surface area contributed by atoms with E-state index in [1.165, 1.54) is 11.8 Å². The lowest BCUT2D eigenvalue weighted by molar-refractivity contribution is -0.187. The highest BCUT2D eigenvalue weighted by atomic mass is 32.2. The second-order valence-corrected chi connectivity index (χ2v) is 4.09. The van der Waals surface area contributed by atoms with E-state index in [1.807, 2.05) is 0 Å². The average Bonchev–Trinajstić information content (AvgIpc) is 1.83. The third-order valence-corrected chi connectivity index (χ3v) is 2.91. The minimum Gasteiger partial charge on any atom is -0.481 e. The van der Waals surface area contributed by atoms with Gasteiger partial charge in [0.1, 0.15) is 0 Å². The van der Waals surface area contributed by atoms with E-state index in [4.69, 9.17) is 5.11 Å². The zero-order valence-electron chi connectivity index (χ0n) is 6.64. The van der Waals surface area contributed by atoms with E-state index in [2.05, 4.69) is 0 Å². The van der Waals surface area contributed by atoms with Gasteiger partial charge in [-0.05, 0) is 6.26 Å². The summed E-state index contributed by atoms with van der Waals surface area (Å²) >= 11 is 1.30. The van der Waals surface area contributed by atoms with Gasteiger partial charge >= 0.3 is 5.97 Å². The topological polar surface area (TPSA) is 37.3 Å². The standard InChI is InChI=1S/C7H10F2O2S/c1-12-4-6(5(10)11)2-7(8,9)3-6/h2-4H2,1H3,(H,10,11). The van der Waals surface area contributed by atoms with E-state index < -0.39 is 30.1 Å². The van der Waals surface area contributed by atoms with E-state index in [0.717, 1.165) is 0 Å². The van der Waals surface area contributed by atoms with Gasteiger partial charge in [-0.1, -0.05) is 0 Å². The van der Waals surface area contributed by atoms with Crippen molar-refractivity contribution < 1.29 is 18.7 Å². The largest absolute Gasteiger partial charge is 0.481 e. The molecule has 0 saturated heterocycles. The molecule has 12 heavy (non-hydrogen) atoms. The number of carbonyl (C=O) groups is 1. The van der Waals surface area contributed by atoms with Gasteiger partial charge in [-0.25, -0.2) is 8.78 Å². The number of alkyl halides is 2. The molecule has 0 atom stereocenters. The fraction of sp³-hybridized carbons (Fsp3) is 0.857. The Labute approximate surface area is 73.3 Å². The Bertz CT molecular complexity index is 198. The molecule has 1 saturated carbocycles. The first-order valence-corrected chi connectivity index (χ1v) is 4.91. The van der Waals surface area contributed by atoms with Crippen molar-refractivity contribution in [2.45, 2.75) is 18.8 Å². The highest BCUT2D eigenvalue weighted by molar-refractivity contribution is 7.98. The quantitative estimate of drug-likeness (QED) is 0.748. The van der Waals surface area contributed by atoms with E-state index >= 15 is 0 Å². The van der Waals surface area contributed by atoms with Crippen molar-refractivity contribution >= 4 is 17.7 Å². The van der Waals surface area contributed by atoms with Gasteiger partial charge < -0.3 is 5.11 Å². The monoisotopic (exact) mass is 196 g/mol. The maximum atomic E-state index is 12.4. The lowest BCUT2D eigenvalue weighted by Gasteiger charge is -2.43. The molecule has 0 bridgehead atoms. The minimum absolute atomic E-state index is 0.276. The van der Waals surface area contributed by atoms with Crippen LogP contribution in [0.15, 0.2) is 0 Å². The first-order valence-electron chi connectivity index (χ1n) is 3.52. The summed E-state index contributed by atoms with van der Waals surface area (Å²) in [6, 6.07) is 0. The third kappa shape index (κ3) is 1.55. The van der Waals surface area contributed by atoms with Crippen molar-refractivity contribution in [3.63, 3.8) is 0 Å². The zero-order valence-corrected chi connectivity index (χ0v) is 7.46. The van der Waals surface area contributed by atoms with Crippen LogP contribution in [0.4, 0.5) is 8.78 Å². The molecule has 0 aromatic rings. The smallest absolute Gasteiger partial charge is 0.310 e. The molecule has 1 aliphatic rings. The van der Waals surface area contributed by atoms with Crippen molar-refractivity contribution in [2.24, 2.45) is 5.41 Å². The van der Waals surface area contributed by atoms with Crippen LogP contribution in [0.2, 0.25) is 0 Å². The number of aliphatic carboxylic acids is 1. The molecule has 1 rings (SSSR count). The molecule has 2 nitrogen and oxygen atoms in total. The van der Waals surface area contributed by atoms with E-state index in [0.29, 0.717) is 0 Å². The Morgan fingerprint density at radius 3 is 2.33 bits per heavy atom.